The van der Waals surface area contributed by atoms with Gasteiger partial charge >= 0.3 is 6.09 Å². The molecule has 0 unspecified atom stereocenters. The van der Waals surface area contributed by atoms with Crippen LogP contribution in [0.2, 0.25) is 0 Å². The van der Waals surface area contributed by atoms with E-state index >= 15 is 0 Å². The van der Waals surface area contributed by atoms with Gasteiger partial charge in [-0.25, -0.2) is 4.79 Å². The molecule has 1 fully saturated rings. The van der Waals surface area contributed by atoms with Crippen LogP contribution in [0.5, 0.6) is 0 Å². The molecule has 0 bridgehead atoms. The van der Waals surface area contributed by atoms with Gasteiger partial charge in [-0.3, -0.25) is 14.6 Å². The molecule has 8 nitrogen and oxygen atoms in total. The molecule has 2 heterocycles. The summed E-state index contributed by atoms with van der Waals surface area (Å²) < 4.78 is 4.99. The zero-order valence-electron chi connectivity index (χ0n) is 14.7. The summed E-state index contributed by atoms with van der Waals surface area (Å²) in [6.07, 6.45) is 2.75. The Balaban J connectivity index is 1.56. The number of piperidine rings is 1. The number of nitrogens with zero attached hydrogens (tertiary/aromatic N) is 2. The molecule has 8 heteroatoms. The number of carbonyl (C=O) groups is 1. The minimum atomic E-state index is -0.507. The van der Waals surface area contributed by atoms with Gasteiger partial charge in [0.05, 0.1) is 18.8 Å². The first kappa shape index (κ1) is 17.9. The van der Waals surface area contributed by atoms with Crippen molar-refractivity contribution in [1.82, 2.24) is 9.88 Å². The molecule has 1 aliphatic heterocycles. The maximum Gasteiger partial charge on any atom is 0.409 e. The SMILES string of the molecule is CCOC(=O)N1CCC(Nc2c(NCc3ccccn3)c(=O)c2=O)CC1. The molecule has 138 valence electrons. The lowest BCUT2D eigenvalue weighted by molar-refractivity contribution is 0.0983. The van der Waals surface area contributed by atoms with Gasteiger partial charge in [-0.1, -0.05) is 6.07 Å². The Morgan fingerprint density at radius 3 is 2.62 bits per heavy atom. The van der Waals surface area contributed by atoms with Gasteiger partial charge in [0.1, 0.15) is 11.4 Å². The van der Waals surface area contributed by atoms with Crippen LogP contribution in [0.4, 0.5) is 16.2 Å². The highest BCUT2D eigenvalue weighted by atomic mass is 16.6. The summed E-state index contributed by atoms with van der Waals surface area (Å²) in [5, 5.41) is 6.16. The molecule has 2 aromatic rings. The van der Waals surface area contributed by atoms with Crippen LogP contribution in [0.3, 0.4) is 0 Å². The quantitative estimate of drug-likeness (QED) is 0.751. The fourth-order valence-corrected chi connectivity index (χ4v) is 3.00. The largest absolute Gasteiger partial charge is 0.450 e. The molecule has 1 aliphatic rings. The summed E-state index contributed by atoms with van der Waals surface area (Å²) in [5.74, 6) is 0. The van der Waals surface area contributed by atoms with Gasteiger partial charge in [-0.15, -0.1) is 0 Å². The zero-order valence-corrected chi connectivity index (χ0v) is 14.7. The molecule has 0 spiro atoms. The first-order valence-corrected chi connectivity index (χ1v) is 8.75. The number of carbonyl (C=O) groups excluding carboxylic acids is 1. The van der Waals surface area contributed by atoms with E-state index in [0.717, 1.165) is 5.69 Å². The molecule has 1 saturated heterocycles. The Bertz CT molecular complexity index is 821. The Hall–Kier alpha value is -2.90. The van der Waals surface area contributed by atoms with Crippen molar-refractivity contribution in [1.29, 1.82) is 0 Å². The van der Waals surface area contributed by atoms with E-state index in [1.165, 1.54) is 0 Å². The summed E-state index contributed by atoms with van der Waals surface area (Å²) in [5.41, 5.74) is 0.428. The number of likely N-dealkylation sites (tertiary alicyclic amines) is 1. The Morgan fingerprint density at radius 1 is 1.23 bits per heavy atom. The highest BCUT2D eigenvalue weighted by Gasteiger charge is 2.27. The number of ether oxygens (including phenoxy) is 1. The van der Waals surface area contributed by atoms with Crippen LogP contribution in [0, 0.1) is 0 Å². The molecule has 1 aromatic carbocycles. The van der Waals surface area contributed by atoms with Crippen molar-refractivity contribution in [2.45, 2.75) is 32.4 Å². The van der Waals surface area contributed by atoms with Crippen LogP contribution in [-0.2, 0) is 11.3 Å². The van der Waals surface area contributed by atoms with E-state index in [1.54, 1.807) is 18.0 Å². The van der Waals surface area contributed by atoms with E-state index in [9.17, 15) is 14.4 Å². The van der Waals surface area contributed by atoms with E-state index in [-0.39, 0.29) is 12.1 Å². The van der Waals surface area contributed by atoms with Crippen molar-refractivity contribution >= 4 is 17.5 Å². The highest BCUT2D eigenvalue weighted by molar-refractivity contribution is 5.74. The molecule has 0 aliphatic carbocycles. The lowest BCUT2D eigenvalue weighted by Crippen LogP contribution is -2.45. The minimum Gasteiger partial charge on any atom is -0.450 e. The Labute approximate surface area is 150 Å². The molecular weight excluding hydrogens is 336 g/mol. The van der Waals surface area contributed by atoms with Crippen molar-refractivity contribution in [3.8, 4) is 0 Å². The van der Waals surface area contributed by atoms with Gasteiger partial charge in [0.25, 0.3) is 10.9 Å². The van der Waals surface area contributed by atoms with Gasteiger partial charge in [-0.2, -0.15) is 0 Å². The molecule has 0 radical (unpaired) electrons. The number of rotatable bonds is 6. The van der Waals surface area contributed by atoms with Crippen molar-refractivity contribution in [2.24, 2.45) is 0 Å². The first-order valence-electron chi connectivity index (χ1n) is 8.75. The second kappa shape index (κ2) is 7.99. The average molecular weight is 358 g/mol. The molecule has 0 atom stereocenters. The number of nitrogens with one attached hydrogen (secondary N) is 2. The predicted octanol–water partition coefficient (Wildman–Crippen LogP) is 1.32. The topological polar surface area (TPSA) is 101 Å². The van der Waals surface area contributed by atoms with Crippen LogP contribution < -0.4 is 21.5 Å². The van der Waals surface area contributed by atoms with Crippen LogP contribution >= 0.6 is 0 Å². The van der Waals surface area contributed by atoms with Gasteiger partial charge in [-0.05, 0) is 31.9 Å². The molecular formula is C18H22N4O4. The lowest BCUT2D eigenvalue weighted by Gasteiger charge is -2.32. The Morgan fingerprint density at radius 2 is 1.96 bits per heavy atom. The molecule has 2 N–H and O–H groups in total. The number of hydrogen-bond acceptors (Lipinski definition) is 7. The Kier molecular flexibility index (Phi) is 5.50. The minimum absolute atomic E-state index is 0.0411. The third-order valence-corrected chi connectivity index (χ3v) is 4.45. The van der Waals surface area contributed by atoms with E-state index < -0.39 is 10.9 Å². The smallest absolute Gasteiger partial charge is 0.409 e. The second-order valence-corrected chi connectivity index (χ2v) is 6.19. The van der Waals surface area contributed by atoms with Gasteiger partial charge in [0.15, 0.2) is 0 Å². The average Bonchev–Trinajstić information content (AvgIpc) is 2.68. The zero-order chi connectivity index (χ0) is 18.5. The van der Waals surface area contributed by atoms with Crippen molar-refractivity contribution < 1.29 is 9.53 Å². The van der Waals surface area contributed by atoms with Gasteiger partial charge < -0.3 is 20.3 Å². The standard InChI is InChI=1S/C18H22N4O4/c1-2-26-18(25)22-9-6-12(7-10-22)21-15-14(16(23)17(15)24)20-11-13-5-3-4-8-19-13/h3-5,8,12,20-21H,2,6-7,9-11H2,1H3. The number of anilines is 2. The molecule has 26 heavy (non-hydrogen) atoms. The predicted molar refractivity (Wildman–Crippen MR) is 98.2 cm³/mol. The lowest BCUT2D eigenvalue weighted by atomic mass is 10.0. The monoisotopic (exact) mass is 358 g/mol. The van der Waals surface area contributed by atoms with Crippen LogP contribution in [0.1, 0.15) is 25.5 Å². The molecule has 1 amide bonds. The highest BCUT2D eigenvalue weighted by Crippen LogP contribution is 2.21. The number of amides is 1. The first-order chi connectivity index (χ1) is 12.6. The van der Waals surface area contributed by atoms with Crippen LogP contribution in [-0.4, -0.2) is 41.7 Å². The van der Waals surface area contributed by atoms with Gasteiger partial charge in [0.2, 0.25) is 0 Å². The summed E-state index contributed by atoms with van der Waals surface area (Å²) in [4.78, 5) is 41.3. The van der Waals surface area contributed by atoms with E-state index in [0.29, 0.717) is 50.5 Å². The third kappa shape index (κ3) is 3.84. The summed E-state index contributed by atoms with van der Waals surface area (Å²) in [6.45, 7) is 3.62. The maximum absolute atomic E-state index is 11.9. The van der Waals surface area contributed by atoms with Crippen molar-refractivity contribution in [3.05, 3.63) is 50.5 Å². The van der Waals surface area contributed by atoms with E-state index in [2.05, 4.69) is 15.6 Å². The molecule has 1 aromatic heterocycles. The summed E-state index contributed by atoms with van der Waals surface area (Å²) >= 11 is 0. The second-order valence-electron chi connectivity index (χ2n) is 6.19. The van der Waals surface area contributed by atoms with Crippen LogP contribution in [0.25, 0.3) is 0 Å². The van der Waals surface area contributed by atoms with Crippen molar-refractivity contribution in [2.75, 3.05) is 30.3 Å². The summed E-state index contributed by atoms with van der Waals surface area (Å²) in [6, 6.07) is 5.56. The molecule has 0 saturated carbocycles. The van der Waals surface area contributed by atoms with Crippen LogP contribution in [0.15, 0.2) is 34.0 Å². The fourth-order valence-electron chi connectivity index (χ4n) is 3.00. The van der Waals surface area contributed by atoms with E-state index in [1.807, 2.05) is 18.2 Å². The number of hydrogen-bond donors (Lipinski definition) is 2. The third-order valence-electron chi connectivity index (χ3n) is 4.45. The van der Waals surface area contributed by atoms with E-state index in [4.69, 9.17) is 4.74 Å². The number of aromatic nitrogens is 1. The fraction of sp³-hybridized carbons (Fsp3) is 0.444. The summed E-state index contributed by atoms with van der Waals surface area (Å²) in [7, 11) is 0. The maximum atomic E-state index is 11.9. The van der Waals surface area contributed by atoms with Crippen molar-refractivity contribution in [3.63, 3.8) is 0 Å². The normalized spacial score (nSPS) is 15.0. The number of pyridine rings is 1. The molecule has 3 rings (SSSR count). The van der Waals surface area contributed by atoms with Gasteiger partial charge in [0, 0.05) is 25.3 Å².